The van der Waals surface area contributed by atoms with Crippen molar-refractivity contribution >= 4 is 33.6 Å². The summed E-state index contributed by atoms with van der Waals surface area (Å²) >= 11 is 3.10. The zero-order valence-corrected chi connectivity index (χ0v) is 10.3. The fourth-order valence-electron chi connectivity index (χ4n) is 0.946. The Morgan fingerprint density at radius 1 is 1.47 bits per heavy atom. The summed E-state index contributed by atoms with van der Waals surface area (Å²) in [5.41, 5.74) is 0.331. The highest BCUT2D eigenvalue weighted by atomic mass is 79.9. The molecule has 0 unspecified atom stereocenters. The van der Waals surface area contributed by atoms with Gasteiger partial charge in [-0.25, -0.2) is 14.6 Å². The van der Waals surface area contributed by atoms with Crippen LogP contribution in [0.25, 0.3) is 0 Å². The van der Waals surface area contributed by atoms with Gasteiger partial charge in [-0.1, -0.05) is 22.5 Å². The largest absolute Gasteiger partial charge is 0.477 e. The van der Waals surface area contributed by atoms with E-state index in [0.29, 0.717) is 16.7 Å². The van der Waals surface area contributed by atoms with E-state index in [1.165, 1.54) is 18.3 Å². The smallest absolute Gasteiger partial charge is 0.354 e. The van der Waals surface area contributed by atoms with E-state index in [1.807, 2.05) is 0 Å². The number of nitrogens with one attached hydrogen (secondary N) is 2. The molecule has 0 saturated heterocycles. The SMILES string of the molecule is C=C(Br)CNC(=O)Nc1ccc(C(=O)O)nc1. The van der Waals surface area contributed by atoms with Crippen molar-refractivity contribution in [3.63, 3.8) is 0 Å². The normalized spacial score (nSPS) is 9.47. The molecule has 0 bridgehead atoms. The molecule has 0 aliphatic heterocycles. The van der Waals surface area contributed by atoms with E-state index in [4.69, 9.17) is 5.11 Å². The van der Waals surface area contributed by atoms with Crippen LogP contribution in [0.1, 0.15) is 10.5 Å². The van der Waals surface area contributed by atoms with E-state index < -0.39 is 12.0 Å². The van der Waals surface area contributed by atoms with Crippen LogP contribution < -0.4 is 10.6 Å². The van der Waals surface area contributed by atoms with Crippen LogP contribution in [0.15, 0.2) is 29.4 Å². The number of aromatic carboxylic acids is 1. The Labute approximate surface area is 106 Å². The molecule has 0 aliphatic carbocycles. The molecule has 2 amide bonds. The Balaban J connectivity index is 2.54. The van der Waals surface area contributed by atoms with Gasteiger partial charge in [0.2, 0.25) is 0 Å². The molecule has 90 valence electrons. The highest BCUT2D eigenvalue weighted by molar-refractivity contribution is 9.11. The number of hydrogen-bond donors (Lipinski definition) is 3. The van der Waals surface area contributed by atoms with Crippen molar-refractivity contribution in [2.45, 2.75) is 0 Å². The maximum absolute atomic E-state index is 11.3. The number of pyridine rings is 1. The number of urea groups is 1. The molecule has 0 aromatic carbocycles. The number of aromatic nitrogens is 1. The van der Waals surface area contributed by atoms with Gasteiger partial charge >= 0.3 is 12.0 Å². The molecule has 0 spiro atoms. The van der Waals surface area contributed by atoms with Gasteiger partial charge in [-0.15, -0.1) is 0 Å². The maximum Gasteiger partial charge on any atom is 0.354 e. The fraction of sp³-hybridized carbons (Fsp3) is 0.100. The lowest BCUT2D eigenvalue weighted by Gasteiger charge is -2.06. The molecule has 0 atom stereocenters. The van der Waals surface area contributed by atoms with E-state index >= 15 is 0 Å². The third-order valence-electron chi connectivity index (χ3n) is 1.68. The number of carboxylic acids is 1. The summed E-state index contributed by atoms with van der Waals surface area (Å²) in [6.45, 7) is 3.86. The Hall–Kier alpha value is -1.89. The molecule has 1 aromatic heterocycles. The Morgan fingerprint density at radius 2 is 2.18 bits per heavy atom. The molecule has 1 heterocycles. The van der Waals surface area contributed by atoms with Crippen LogP contribution in [0.2, 0.25) is 0 Å². The van der Waals surface area contributed by atoms with Crippen LogP contribution in [0.5, 0.6) is 0 Å². The van der Waals surface area contributed by atoms with Crippen molar-refractivity contribution < 1.29 is 14.7 Å². The van der Waals surface area contributed by atoms with E-state index in [1.54, 1.807) is 0 Å². The highest BCUT2D eigenvalue weighted by Crippen LogP contribution is 2.06. The van der Waals surface area contributed by atoms with Gasteiger partial charge in [0.15, 0.2) is 0 Å². The second kappa shape index (κ2) is 6.00. The van der Waals surface area contributed by atoms with E-state index in [9.17, 15) is 9.59 Å². The molecular formula is C10H10BrN3O3. The number of carbonyl (C=O) groups is 2. The molecule has 17 heavy (non-hydrogen) atoms. The number of anilines is 1. The minimum Gasteiger partial charge on any atom is -0.477 e. The topological polar surface area (TPSA) is 91.3 Å². The first kappa shape index (κ1) is 13.2. The van der Waals surface area contributed by atoms with Crippen LogP contribution in [-0.2, 0) is 0 Å². The number of hydrogen-bond acceptors (Lipinski definition) is 3. The number of carbonyl (C=O) groups excluding carboxylic acids is 1. The van der Waals surface area contributed by atoms with Crippen molar-refractivity contribution in [2.75, 3.05) is 11.9 Å². The average Bonchev–Trinajstić information content (AvgIpc) is 2.27. The monoisotopic (exact) mass is 299 g/mol. The lowest BCUT2D eigenvalue weighted by atomic mass is 10.3. The Kier molecular flexibility index (Phi) is 4.65. The third kappa shape index (κ3) is 4.64. The van der Waals surface area contributed by atoms with E-state index in [2.05, 4.69) is 38.1 Å². The van der Waals surface area contributed by atoms with Crippen LogP contribution >= 0.6 is 15.9 Å². The van der Waals surface area contributed by atoms with Crippen LogP contribution in [-0.4, -0.2) is 28.6 Å². The van der Waals surface area contributed by atoms with Crippen molar-refractivity contribution in [1.29, 1.82) is 0 Å². The summed E-state index contributed by atoms with van der Waals surface area (Å²) in [4.78, 5) is 25.5. The lowest BCUT2D eigenvalue weighted by molar-refractivity contribution is 0.0690. The summed E-state index contributed by atoms with van der Waals surface area (Å²) in [5.74, 6) is -1.11. The number of halogens is 1. The molecule has 1 aromatic rings. The lowest BCUT2D eigenvalue weighted by Crippen LogP contribution is -2.29. The first-order chi connectivity index (χ1) is 7.99. The van der Waals surface area contributed by atoms with Crippen molar-refractivity contribution in [3.05, 3.63) is 35.1 Å². The zero-order valence-electron chi connectivity index (χ0n) is 8.74. The summed E-state index contributed by atoms with van der Waals surface area (Å²) < 4.78 is 0.645. The van der Waals surface area contributed by atoms with Gasteiger partial charge in [-0.2, -0.15) is 0 Å². The quantitative estimate of drug-likeness (QED) is 0.791. The molecule has 3 N–H and O–H groups in total. The molecule has 1 rings (SSSR count). The van der Waals surface area contributed by atoms with Crippen LogP contribution in [0.4, 0.5) is 10.5 Å². The van der Waals surface area contributed by atoms with E-state index in [-0.39, 0.29) is 5.69 Å². The van der Waals surface area contributed by atoms with Crippen molar-refractivity contribution in [1.82, 2.24) is 10.3 Å². The molecule has 0 fully saturated rings. The molecular weight excluding hydrogens is 290 g/mol. The second-order valence-corrected chi connectivity index (χ2v) is 4.18. The Bertz CT molecular complexity index is 445. The van der Waals surface area contributed by atoms with Gasteiger partial charge in [-0.05, 0) is 12.1 Å². The van der Waals surface area contributed by atoms with E-state index in [0.717, 1.165) is 0 Å². The molecule has 0 aliphatic rings. The summed E-state index contributed by atoms with van der Waals surface area (Å²) in [6.07, 6.45) is 1.27. The highest BCUT2D eigenvalue weighted by Gasteiger charge is 2.05. The second-order valence-electron chi connectivity index (χ2n) is 3.06. The summed E-state index contributed by atoms with van der Waals surface area (Å²) in [5, 5.41) is 13.6. The first-order valence-electron chi connectivity index (χ1n) is 4.56. The number of rotatable bonds is 4. The first-order valence-corrected chi connectivity index (χ1v) is 5.36. The molecule has 6 nitrogen and oxygen atoms in total. The van der Waals surface area contributed by atoms with Crippen molar-refractivity contribution in [2.24, 2.45) is 0 Å². The predicted octanol–water partition coefficient (Wildman–Crippen LogP) is 1.81. The minimum atomic E-state index is -1.11. The van der Waals surface area contributed by atoms with Crippen LogP contribution in [0.3, 0.4) is 0 Å². The fourth-order valence-corrected chi connectivity index (χ4v) is 1.09. The van der Waals surface area contributed by atoms with Gasteiger partial charge in [0, 0.05) is 4.48 Å². The molecule has 0 radical (unpaired) electrons. The average molecular weight is 300 g/mol. The van der Waals surface area contributed by atoms with Gasteiger partial charge < -0.3 is 15.7 Å². The van der Waals surface area contributed by atoms with Gasteiger partial charge in [0.05, 0.1) is 18.4 Å². The summed E-state index contributed by atoms with van der Waals surface area (Å²) in [7, 11) is 0. The van der Waals surface area contributed by atoms with Gasteiger partial charge in [-0.3, -0.25) is 0 Å². The number of carboxylic acid groups (broad SMARTS) is 1. The predicted molar refractivity (Wildman–Crippen MR) is 66.3 cm³/mol. The van der Waals surface area contributed by atoms with Gasteiger partial charge in [0.1, 0.15) is 5.69 Å². The third-order valence-corrected chi connectivity index (χ3v) is 1.96. The maximum atomic E-state index is 11.3. The minimum absolute atomic E-state index is 0.0789. The Morgan fingerprint density at radius 3 is 2.65 bits per heavy atom. The molecule has 0 saturated carbocycles. The number of nitrogens with zero attached hydrogens (tertiary/aromatic N) is 1. The van der Waals surface area contributed by atoms with Crippen molar-refractivity contribution in [3.8, 4) is 0 Å². The number of amides is 2. The molecule has 7 heteroatoms. The zero-order chi connectivity index (χ0) is 12.8. The van der Waals surface area contributed by atoms with Gasteiger partial charge in [0.25, 0.3) is 0 Å². The van der Waals surface area contributed by atoms with Crippen LogP contribution in [0, 0.1) is 0 Å². The standard InChI is InChI=1S/C10H10BrN3O3/c1-6(11)4-13-10(17)14-7-2-3-8(9(15)16)12-5-7/h2-3,5H,1,4H2,(H,15,16)(H2,13,14,17). The summed E-state index contributed by atoms with van der Waals surface area (Å²) in [6, 6.07) is 2.34.